The van der Waals surface area contributed by atoms with E-state index in [0.29, 0.717) is 51.7 Å². The Bertz CT molecular complexity index is 932. The topological polar surface area (TPSA) is 65.8 Å². The van der Waals surface area contributed by atoms with Gasteiger partial charge in [0.2, 0.25) is 5.91 Å². The fourth-order valence-corrected chi connectivity index (χ4v) is 6.07. The van der Waals surface area contributed by atoms with Crippen LogP contribution in [0.25, 0.3) is 0 Å². The number of nitrogens with zero attached hydrogens (tertiary/aromatic N) is 3. The smallest absolute Gasteiger partial charge is 0.382 e. The van der Waals surface area contributed by atoms with Crippen LogP contribution in [-0.4, -0.2) is 63.9 Å². The van der Waals surface area contributed by atoms with Gasteiger partial charge in [-0.2, -0.15) is 18.4 Å². The first-order valence-corrected chi connectivity index (χ1v) is 12.5. The van der Waals surface area contributed by atoms with Crippen LogP contribution in [0.5, 0.6) is 0 Å². The number of methoxy groups -OCH3 is 1. The number of rotatable bonds is 7. The van der Waals surface area contributed by atoms with Gasteiger partial charge in [-0.05, 0) is 49.3 Å². The van der Waals surface area contributed by atoms with Gasteiger partial charge in [0, 0.05) is 50.8 Å². The molecule has 0 aromatic heterocycles. The molecule has 35 heavy (non-hydrogen) atoms. The van der Waals surface area contributed by atoms with E-state index < -0.39 is 11.7 Å². The third kappa shape index (κ3) is 5.59. The average Bonchev–Trinajstić information content (AvgIpc) is 3.50. The molecular weight excluding hydrogens is 459 g/mol. The molecule has 2 aliphatic heterocycles. The molecule has 0 N–H and O–H groups in total. The zero-order valence-corrected chi connectivity index (χ0v) is 20.3. The number of hydrogen-bond donors (Lipinski definition) is 0. The highest BCUT2D eigenvalue weighted by Crippen LogP contribution is 2.47. The predicted molar refractivity (Wildman–Crippen MR) is 125 cm³/mol. The van der Waals surface area contributed by atoms with Gasteiger partial charge in [0.05, 0.1) is 37.0 Å². The Labute approximate surface area is 205 Å². The fourth-order valence-electron chi connectivity index (χ4n) is 6.07. The van der Waals surface area contributed by atoms with Gasteiger partial charge < -0.3 is 19.3 Å². The van der Waals surface area contributed by atoms with Crippen LogP contribution in [0.4, 0.5) is 18.9 Å². The van der Waals surface area contributed by atoms with Crippen molar-refractivity contribution >= 4 is 11.6 Å². The lowest BCUT2D eigenvalue weighted by Gasteiger charge is -2.43. The van der Waals surface area contributed by atoms with E-state index in [4.69, 9.17) is 14.7 Å². The van der Waals surface area contributed by atoms with Crippen molar-refractivity contribution in [3.8, 4) is 6.07 Å². The van der Waals surface area contributed by atoms with Gasteiger partial charge in [-0.3, -0.25) is 4.79 Å². The molecule has 0 bridgehead atoms. The summed E-state index contributed by atoms with van der Waals surface area (Å²) < 4.78 is 51.4. The maximum atomic E-state index is 13.5. The van der Waals surface area contributed by atoms with Crippen molar-refractivity contribution in [1.82, 2.24) is 4.90 Å². The number of likely N-dealkylation sites (tertiary alicyclic amines) is 1. The van der Waals surface area contributed by atoms with Gasteiger partial charge >= 0.3 is 6.18 Å². The molecule has 1 aromatic carbocycles. The molecule has 2 saturated heterocycles. The van der Waals surface area contributed by atoms with Crippen molar-refractivity contribution in [2.24, 2.45) is 17.3 Å². The number of halogens is 3. The van der Waals surface area contributed by atoms with Crippen LogP contribution in [0.1, 0.15) is 49.7 Å². The average molecular weight is 494 g/mol. The van der Waals surface area contributed by atoms with E-state index in [-0.39, 0.29) is 28.7 Å². The summed E-state index contributed by atoms with van der Waals surface area (Å²) in [4.78, 5) is 17.2. The molecule has 9 heteroatoms. The summed E-state index contributed by atoms with van der Waals surface area (Å²) in [6, 6.07) is 5.59. The minimum atomic E-state index is -4.57. The molecule has 1 atom stereocenters. The maximum Gasteiger partial charge on any atom is 0.417 e. The van der Waals surface area contributed by atoms with E-state index in [1.165, 1.54) is 6.07 Å². The van der Waals surface area contributed by atoms with Crippen LogP contribution in [0.15, 0.2) is 18.2 Å². The summed E-state index contributed by atoms with van der Waals surface area (Å²) in [5.74, 6) is 0.573. The maximum absolute atomic E-state index is 13.5. The Hall–Kier alpha value is -2.31. The molecule has 1 spiro atoms. The lowest BCUT2D eigenvalue weighted by Crippen LogP contribution is -2.46. The van der Waals surface area contributed by atoms with Gasteiger partial charge in [-0.25, -0.2) is 0 Å². The number of ether oxygens (including phenoxy) is 2. The Morgan fingerprint density at radius 2 is 1.91 bits per heavy atom. The van der Waals surface area contributed by atoms with Crippen molar-refractivity contribution < 1.29 is 27.4 Å². The first kappa shape index (κ1) is 25.8. The van der Waals surface area contributed by atoms with Gasteiger partial charge in [-0.1, -0.05) is 12.8 Å². The summed E-state index contributed by atoms with van der Waals surface area (Å²) in [5.41, 5.74) is -0.871. The van der Waals surface area contributed by atoms with Crippen molar-refractivity contribution in [1.29, 1.82) is 5.26 Å². The largest absolute Gasteiger partial charge is 0.417 e. The Balaban J connectivity index is 1.47. The lowest BCUT2D eigenvalue weighted by atomic mass is 9.71. The van der Waals surface area contributed by atoms with Gasteiger partial charge in [-0.15, -0.1) is 0 Å². The van der Waals surface area contributed by atoms with Crippen molar-refractivity contribution in [2.75, 3.05) is 58.0 Å². The Kier molecular flexibility index (Phi) is 7.92. The van der Waals surface area contributed by atoms with Crippen LogP contribution in [0.2, 0.25) is 0 Å². The first-order chi connectivity index (χ1) is 16.8. The SMILES string of the molecule is COCCOCC1CN(C(=O)C2CCCC2)CC12CCN(c1ccc(C#N)c(C(F)(F)F)c1)CC2. The molecule has 1 saturated carbocycles. The van der Waals surface area contributed by atoms with E-state index in [0.717, 1.165) is 44.6 Å². The third-order valence-electron chi connectivity index (χ3n) is 8.13. The third-order valence-corrected chi connectivity index (χ3v) is 8.13. The van der Waals surface area contributed by atoms with E-state index in [2.05, 4.69) is 0 Å². The number of benzene rings is 1. The summed E-state index contributed by atoms with van der Waals surface area (Å²) >= 11 is 0. The van der Waals surface area contributed by atoms with Gasteiger partial charge in [0.25, 0.3) is 0 Å². The quantitative estimate of drug-likeness (QED) is 0.525. The van der Waals surface area contributed by atoms with Crippen LogP contribution in [0, 0.1) is 28.6 Å². The van der Waals surface area contributed by atoms with Gasteiger partial charge in [0.1, 0.15) is 0 Å². The number of carbonyl (C=O) groups is 1. The van der Waals surface area contributed by atoms with E-state index in [1.807, 2.05) is 9.80 Å². The zero-order chi connectivity index (χ0) is 25.1. The molecule has 1 aliphatic carbocycles. The van der Waals surface area contributed by atoms with Crippen molar-refractivity contribution in [2.45, 2.75) is 44.7 Å². The molecule has 6 nitrogen and oxygen atoms in total. The van der Waals surface area contributed by atoms with Crippen molar-refractivity contribution in [3.63, 3.8) is 0 Å². The number of alkyl halides is 3. The first-order valence-electron chi connectivity index (χ1n) is 12.5. The molecule has 3 aliphatic rings. The minimum Gasteiger partial charge on any atom is -0.382 e. The van der Waals surface area contributed by atoms with Crippen LogP contribution in [0.3, 0.4) is 0 Å². The summed E-state index contributed by atoms with van der Waals surface area (Å²) in [6.07, 6.45) is 1.13. The minimum absolute atomic E-state index is 0.0999. The van der Waals surface area contributed by atoms with Crippen LogP contribution in [-0.2, 0) is 20.4 Å². The standard InChI is InChI=1S/C26H34F3N3O3/c1-34-12-13-35-17-21-16-32(24(33)19-4-2-3-5-19)18-25(21)8-10-31(11-9-25)22-7-6-20(15-30)23(14-22)26(27,28)29/h6-7,14,19,21H,2-5,8-13,16-18H2,1H3. The molecule has 192 valence electrons. The molecule has 4 rings (SSSR count). The Morgan fingerprint density at radius 3 is 2.54 bits per heavy atom. The summed E-state index contributed by atoms with van der Waals surface area (Å²) in [6.45, 7) is 4.13. The molecular formula is C26H34F3N3O3. The second kappa shape index (κ2) is 10.8. The zero-order valence-electron chi connectivity index (χ0n) is 20.3. The number of amides is 1. The molecule has 1 amide bonds. The van der Waals surface area contributed by atoms with E-state index in [9.17, 15) is 18.0 Å². The van der Waals surface area contributed by atoms with Crippen LogP contribution >= 0.6 is 0 Å². The highest BCUT2D eigenvalue weighted by atomic mass is 19.4. The molecule has 0 radical (unpaired) electrons. The van der Waals surface area contributed by atoms with Crippen LogP contribution < -0.4 is 4.90 Å². The molecule has 1 aromatic rings. The second-order valence-electron chi connectivity index (χ2n) is 10.2. The van der Waals surface area contributed by atoms with Gasteiger partial charge in [0.15, 0.2) is 0 Å². The number of carbonyl (C=O) groups excluding carboxylic acids is 1. The number of anilines is 1. The van der Waals surface area contributed by atoms with E-state index in [1.54, 1.807) is 19.2 Å². The highest BCUT2D eigenvalue weighted by molar-refractivity contribution is 5.79. The number of hydrogen-bond acceptors (Lipinski definition) is 5. The molecule has 1 unspecified atom stereocenters. The van der Waals surface area contributed by atoms with E-state index >= 15 is 0 Å². The molecule has 2 heterocycles. The number of nitriles is 1. The number of piperidine rings is 1. The molecule has 3 fully saturated rings. The van der Waals surface area contributed by atoms with Crippen molar-refractivity contribution in [3.05, 3.63) is 29.3 Å². The lowest BCUT2D eigenvalue weighted by molar-refractivity contribution is -0.137. The normalized spacial score (nSPS) is 22.7. The summed E-state index contributed by atoms with van der Waals surface area (Å²) in [7, 11) is 1.63. The predicted octanol–water partition coefficient (Wildman–Crippen LogP) is 4.48. The Morgan fingerprint density at radius 1 is 1.20 bits per heavy atom. The second-order valence-corrected chi connectivity index (χ2v) is 10.2. The summed E-state index contributed by atoms with van der Waals surface area (Å²) in [5, 5.41) is 9.09. The monoisotopic (exact) mass is 493 g/mol. The fraction of sp³-hybridized carbons (Fsp3) is 0.692. The highest BCUT2D eigenvalue weighted by Gasteiger charge is 2.50.